The fourth-order valence-electron chi connectivity index (χ4n) is 2.04. The lowest BCUT2D eigenvalue weighted by molar-refractivity contribution is 0.372. The van der Waals surface area contributed by atoms with Crippen LogP contribution in [-0.4, -0.2) is 24.9 Å². The van der Waals surface area contributed by atoms with Crippen LogP contribution in [0.4, 0.5) is 0 Å². The van der Waals surface area contributed by atoms with Gasteiger partial charge in [-0.2, -0.15) is 4.98 Å². The van der Waals surface area contributed by atoms with E-state index < -0.39 is 0 Å². The van der Waals surface area contributed by atoms with Crippen LogP contribution < -0.4 is 0 Å². The third-order valence-corrected chi connectivity index (χ3v) is 4.66. The molecule has 0 atom stereocenters. The molecule has 0 aliphatic heterocycles. The first-order valence-corrected chi connectivity index (χ1v) is 8.82. The van der Waals surface area contributed by atoms with E-state index in [0.29, 0.717) is 22.5 Å². The van der Waals surface area contributed by atoms with E-state index in [0.717, 1.165) is 16.5 Å². The summed E-state index contributed by atoms with van der Waals surface area (Å²) in [6.45, 7) is 6.15. The van der Waals surface area contributed by atoms with Crippen molar-refractivity contribution in [3.63, 3.8) is 0 Å². The van der Waals surface area contributed by atoms with E-state index in [-0.39, 0.29) is 5.41 Å². The molecule has 6 nitrogen and oxygen atoms in total. The van der Waals surface area contributed by atoms with E-state index in [1.165, 1.54) is 11.8 Å². The Hall–Kier alpha value is -1.86. The van der Waals surface area contributed by atoms with Gasteiger partial charge in [0.25, 0.3) is 0 Å². The first-order valence-electron chi connectivity index (χ1n) is 7.46. The molecule has 0 unspecified atom stereocenters. The van der Waals surface area contributed by atoms with Gasteiger partial charge in [-0.15, -0.1) is 10.2 Å². The van der Waals surface area contributed by atoms with Gasteiger partial charge in [0, 0.05) is 23.0 Å². The van der Waals surface area contributed by atoms with Crippen LogP contribution in [0, 0.1) is 0 Å². The van der Waals surface area contributed by atoms with Gasteiger partial charge in [-0.1, -0.05) is 49.3 Å². The minimum Gasteiger partial charge on any atom is -0.338 e. The molecule has 126 valence electrons. The molecular formula is C16H18ClN5OS. The Morgan fingerprint density at radius 2 is 1.88 bits per heavy atom. The number of benzene rings is 1. The molecule has 0 spiro atoms. The summed E-state index contributed by atoms with van der Waals surface area (Å²) in [5.41, 5.74) is 0.841. The number of nitrogens with zero attached hydrogens (tertiary/aromatic N) is 5. The Kier molecular flexibility index (Phi) is 4.64. The lowest BCUT2D eigenvalue weighted by Crippen LogP contribution is -2.13. The summed E-state index contributed by atoms with van der Waals surface area (Å²) in [6, 6.07) is 7.53. The summed E-state index contributed by atoms with van der Waals surface area (Å²) in [5.74, 6) is 2.63. The van der Waals surface area contributed by atoms with Gasteiger partial charge in [-0.05, 0) is 24.3 Å². The van der Waals surface area contributed by atoms with Gasteiger partial charge in [-0.25, -0.2) is 0 Å². The lowest BCUT2D eigenvalue weighted by atomic mass is 9.96. The maximum atomic E-state index is 5.93. The molecule has 2 aromatic heterocycles. The van der Waals surface area contributed by atoms with Gasteiger partial charge in [0.2, 0.25) is 5.89 Å². The van der Waals surface area contributed by atoms with Crippen molar-refractivity contribution in [1.29, 1.82) is 0 Å². The fraction of sp³-hybridized carbons (Fsp3) is 0.375. The van der Waals surface area contributed by atoms with Crippen LogP contribution in [0.25, 0.3) is 11.4 Å². The average molecular weight is 364 g/mol. The molecule has 3 rings (SSSR count). The van der Waals surface area contributed by atoms with Crippen LogP contribution in [0.5, 0.6) is 0 Å². The standard InChI is InChI=1S/C16H18ClN5OS/c1-16(2,3)14-18-12(23-21-14)9-24-15-20-19-13(22(15)4)10-5-7-11(17)8-6-10/h5-8H,9H2,1-4H3. The molecule has 0 aliphatic rings. The Morgan fingerprint density at radius 3 is 2.50 bits per heavy atom. The summed E-state index contributed by atoms with van der Waals surface area (Å²) in [4.78, 5) is 4.43. The van der Waals surface area contributed by atoms with Crippen LogP contribution in [-0.2, 0) is 18.2 Å². The highest BCUT2D eigenvalue weighted by molar-refractivity contribution is 7.98. The molecule has 0 aliphatic carbocycles. The Morgan fingerprint density at radius 1 is 1.17 bits per heavy atom. The van der Waals surface area contributed by atoms with Crippen LogP contribution in [0.3, 0.4) is 0 Å². The number of rotatable bonds is 4. The summed E-state index contributed by atoms with van der Waals surface area (Å²) >= 11 is 7.44. The highest BCUT2D eigenvalue weighted by Crippen LogP contribution is 2.26. The van der Waals surface area contributed by atoms with E-state index in [1.54, 1.807) is 0 Å². The monoisotopic (exact) mass is 363 g/mol. The van der Waals surface area contributed by atoms with Crippen molar-refractivity contribution < 1.29 is 4.52 Å². The molecule has 8 heteroatoms. The number of hydrogen-bond acceptors (Lipinski definition) is 6. The second kappa shape index (κ2) is 6.57. The van der Waals surface area contributed by atoms with Crippen LogP contribution in [0.1, 0.15) is 32.5 Å². The number of thioether (sulfide) groups is 1. The smallest absolute Gasteiger partial charge is 0.237 e. The third-order valence-electron chi connectivity index (χ3n) is 3.40. The Labute approximate surface area is 149 Å². The van der Waals surface area contributed by atoms with E-state index in [2.05, 4.69) is 41.1 Å². The molecule has 1 aromatic carbocycles. The van der Waals surface area contributed by atoms with Crippen molar-refractivity contribution in [2.24, 2.45) is 7.05 Å². The van der Waals surface area contributed by atoms with Gasteiger partial charge in [0.05, 0.1) is 5.75 Å². The minimum absolute atomic E-state index is 0.126. The SMILES string of the molecule is Cn1c(SCc2nc(C(C)(C)C)no2)nnc1-c1ccc(Cl)cc1. The van der Waals surface area contributed by atoms with Gasteiger partial charge >= 0.3 is 0 Å². The highest BCUT2D eigenvalue weighted by Gasteiger charge is 2.21. The van der Waals surface area contributed by atoms with Gasteiger partial charge in [-0.3, -0.25) is 0 Å². The first kappa shape index (κ1) is 17.0. The van der Waals surface area contributed by atoms with E-state index >= 15 is 0 Å². The summed E-state index contributed by atoms with van der Waals surface area (Å²) in [5, 5.41) is 14.0. The quantitative estimate of drug-likeness (QED) is 0.650. The van der Waals surface area contributed by atoms with Crippen molar-refractivity contribution in [2.45, 2.75) is 37.1 Å². The highest BCUT2D eigenvalue weighted by atomic mass is 35.5. The van der Waals surface area contributed by atoms with Crippen molar-refractivity contribution in [3.8, 4) is 11.4 Å². The second-order valence-electron chi connectivity index (χ2n) is 6.42. The van der Waals surface area contributed by atoms with E-state index in [4.69, 9.17) is 16.1 Å². The first-order chi connectivity index (χ1) is 11.3. The van der Waals surface area contributed by atoms with Crippen molar-refractivity contribution >= 4 is 23.4 Å². The second-order valence-corrected chi connectivity index (χ2v) is 7.80. The molecular weight excluding hydrogens is 346 g/mol. The molecule has 0 N–H and O–H groups in total. The molecule has 3 aromatic rings. The van der Waals surface area contributed by atoms with Gasteiger partial charge < -0.3 is 9.09 Å². The third kappa shape index (κ3) is 3.62. The van der Waals surface area contributed by atoms with Crippen molar-refractivity contribution in [2.75, 3.05) is 0 Å². The Bertz CT molecular complexity index is 835. The molecule has 0 radical (unpaired) electrons. The predicted octanol–water partition coefficient (Wildman–Crippen LogP) is 4.11. The zero-order valence-electron chi connectivity index (χ0n) is 13.9. The van der Waals surface area contributed by atoms with Gasteiger partial charge in [0.15, 0.2) is 16.8 Å². The van der Waals surface area contributed by atoms with Gasteiger partial charge in [0.1, 0.15) is 0 Å². The molecule has 0 bridgehead atoms. The number of hydrogen-bond donors (Lipinski definition) is 0. The number of halogens is 1. The zero-order chi connectivity index (χ0) is 17.3. The average Bonchev–Trinajstić information content (AvgIpc) is 3.13. The van der Waals surface area contributed by atoms with E-state index in [1.807, 2.05) is 35.9 Å². The number of aromatic nitrogens is 5. The molecule has 0 saturated heterocycles. The van der Waals surface area contributed by atoms with Crippen molar-refractivity contribution in [1.82, 2.24) is 24.9 Å². The van der Waals surface area contributed by atoms with Crippen LogP contribution >= 0.6 is 23.4 Å². The predicted molar refractivity (Wildman–Crippen MR) is 94.0 cm³/mol. The van der Waals surface area contributed by atoms with Crippen LogP contribution in [0.15, 0.2) is 33.9 Å². The maximum absolute atomic E-state index is 5.93. The Balaban J connectivity index is 1.73. The molecule has 0 fully saturated rings. The summed E-state index contributed by atoms with van der Waals surface area (Å²) in [6.07, 6.45) is 0. The topological polar surface area (TPSA) is 69.6 Å². The zero-order valence-corrected chi connectivity index (χ0v) is 15.5. The summed E-state index contributed by atoms with van der Waals surface area (Å²) < 4.78 is 7.24. The molecule has 2 heterocycles. The summed E-state index contributed by atoms with van der Waals surface area (Å²) in [7, 11) is 1.93. The molecule has 0 amide bonds. The largest absolute Gasteiger partial charge is 0.338 e. The van der Waals surface area contributed by atoms with Crippen molar-refractivity contribution in [3.05, 3.63) is 41.0 Å². The van der Waals surface area contributed by atoms with E-state index in [9.17, 15) is 0 Å². The lowest BCUT2D eigenvalue weighted by Gasteiger charge is -2.10. The molecule has 0 saturated carbocycles. The maximum Gasteiger partial charge on any atom is 0.237 e. The normalized spacial score (nSPS) is 11.9. The minimum atomic E-state index is -0.126. The molecule has 24 heavy (non-hydrogen) atoms. The van der Waals surface area contributed by atoms with Crippen LogP contribution in [0.2, 0.25) is 5.02 Å². The fourth-order valence-corrected chi connectivity index (χ4v) is 2.91.